The van der Waals surface area contributed by atoms with Crippen LogP contribution < -0.4 is 5.73 Å². The largest absolute Gasteiger partial charge is 0.405 e. The number of nitrogens with zero attached hydrogens (tertiary/aromatic N) is 1. The summed E-state index contributed by atoms with van der Waals surface area (Å²) in [6, 6.07) is 0. The lowest BCUT2D eigenvalue weighted by atomic mass is 10.3. The zero-order chi connectivity index (χ0) is 8.69. The van der Waals surface area contributed by atoms with Crippen LogP contribution in [0, 0.1) is 0 Å². The second-order valence-electron chi connectivity index (χ2n) is 2.33. The SMILES string of the molecule is CC(=O)CCN=C(C)C=CN. The maximum atomic E-state index is 10.5. The van der Waals surface area contributed by atoms with Crippen molar-refractivity contribution in [2.75, 3.05) is 6.54 Å². The highest BCUT2D eigenvalue weighted by Gasteiger charge is 1.89. The highest BCUT2D eigenvalue weighted by molar-refractivity contribution is 5.92. The lowest BCUT2D eigenvalue weighted by Gasteiger charge is -1.91. The number of nitrogens with two attached hydrogens (primary N) is 1. The summed E-state index contributed by atoms with van der Waals surface area (Å²) in [4.78, 5) is 14.6. The molecule has 0 bridgehead atoms. The van der Waals surface area contributed by atoms with Crippen LogP contribution in [-0.2, 0) is 4.79 Å². The van der Waals surface area contributed by atoms with Crippen LogP contribution in [0.2, 0.25) is 0 Å². The molecule has 0 aliphatic rings. The number of ketones is 1. The van der Waals surface area contributed by atoms with Crippen LogP contribution in [0.1, 0.15) is 20.3 Å². The van der Waals surface area contributed by atoms with Gasteiger partial charge in [-0.1, -0.05) is 0 Å². The Morgan fingerprint density at radius 1 is 1.55 bits per heavy atom. The molecule has 0 saturated carbocycles. The monoisotopic (exact) mass is 154 g/mol. The van der Waals surface area contributed by atoms with Gasteiger partial charge in [0.05, 0.1) is 0 Å². The molecule has 0 atom stereocenters. The number of rotatable bonds is 4. The van der Waals surface area contributed by atoms with E-state index < -0.39 is 0 Å². The average molecular weight is 154 g/mol. The number of allylic oxidation sites excluding steroid dienone is 1. The zero-order valence-corrected chi connectivity index (χ0v) is 7.00. The van der Waals surface area contributed by atoms with Crippen molar-refractivity contribution in [3.05, 3.63) is 12.3 Å². The van der Waals surface area contributed by atoms with E-state index >= 15 is 0 Å². The minimum atomic E-state index is 0.165. The fourth-order valence-electron chi connectivity index (χ4n) is 0.582. The molecule has 0 saturated heterocycles. The van der Waals surface area contributed by atoms with Crippen LogP contribution in [0.5, 0.6) is 0 Å². The first-order chi connectivity index (χ1) is 5.16. The first-order valence-electron chi connectivity index (χ1n) is 3.55. The second-order valence-corrected chi connectivity index (χ2v) is 2.33. The van der Waals surface area contributed by atoms with Gasteiger partial charge < -0.3 is 5.73 Å². The highest BCUT2D eigenvalue weighted by Crippen LogP contribution is 1.85. The van der Waals surface area contributed by atoms with E-state index in [2.05, 4.69) is 4.99 Å². The fraction of sp³-hybridized carbons (Fsp3) is 0.500. The Morgan fingerprint density at radius 3 is 2.64 bits per heavy atom. The summed E-state index contributed by atoms with van der Waals surface area (Å²) in [5.41, 5.74) is 5.99. The highest BCUT2D eigenvalue weighted by atomic mass is 16.1. The number of carbonyl (C=O) groups excluding carboxylic acids is 1. The van der Waals surface area contributed by atoms with Gasteiger partial charge in [-0.15, -0.1) is 0 Å². The molecule has 0 unspecified atom stereocenters. The molecule has 0 radical (unpaired) electrons. The Bertz CT molecular complexity index is 183. The summed E-state index contributed by atoms with van der Waals surface area (Å²) < 4.78 is 0. The molecule has 3 heteroatoms. The second kappa shape index (κ2) is 5.65. The smallest absolute Gasteiger partial charge is 0.131 e. The number of carbonyl (C=O) groups is 1. The Balaban J connectivity index is 3.64. The summed E-state index contributed by atoms with van der Waals surface area (Å²) in [5, 5.41) is 0. The topological polar surface area (TPSA) is 55.5 Å². The first-order valence-corrected chi connectivity index (χ1v) is 3.55. The predicted octanol–water partition coefficient (Wildman–Crippen LogP) is 0.899. The third-order valence-corrected chi connectivity index (χ3v) is 1.16. The minimum Gasteiger partial charge on any atom is -0.405 e. The van der Waals surface area contributed by atoms with Crippen LogP contribution >= 0.6 is 0 Å². The third kappa shape index (κ3) is 6.77. The molecule has 2 N–H and O–H groups in total. The van der Waals surface area contributed by atoms with Gasteiger partial charge in [0.2, 0.25) is 0 Å². The van der Waals surface area contributed by atoms with Gasteiger partial charge in [-0.3, -0.25) is 9.79 Å². The molecular weight excluding hydrogens is 140 g/mol. The summed E-state index contributed by atoms with van der Waals surface area (Å²) in [6.07, 6.45) is 3.66. The molecule has 11 heavy (non-hydrogen) atoms. The molecule has 0 spiro atoms. The molecule has 0 heterocycles. The molecular formula is C8H14N2O. The van der Waals surface area contributed by atoms with Crippen molar-refractivity contribution in [2.24, 2.45) is 10.7 Å². The van der Waals surface area contributed by atoms with Gasteiger partial charge in [0.15, 0.2) is 0 Å². The summed E-state index contributed by atoms with van der Waals surface area (Å²) in [5.74, 6) is 0.165. The van der Waals surface area contributed by atoms with Crippen molar-refractivity contribution in [1.82, 2.24) is 0 Å². The van der Waals surface area contributed by atoms with E-state index in [4.69, 9.17) is 5.73 Å². The van der Waals surface area contributed by atoms with Crippen molar-refractivity contribution < 1.29 is 4.79 Å². The normalized spacial score (nSPS) is 12.4. The zero-order valence-electron chi connectivity index (χ0n) is 7.00. The van der Waals surface area contributed by atoms with E-state index in [0.717, 1.165) is 5.71 Å². The van der Waals surface area contributed by atoms with E-state index in [1.54, 1.807) is 13.0 Å². The molecule has 3 nitrogen and oxygen atoms in total. The van der Waals surface area contributed by atoms with Gasteiger partial charge in [-0.25, -0.2) is 0 Å². The number of hydrogen-bond donors (Lipinski definition) is 1. The molecule has 0 amide bonds. The first kappa shape index (κ1) is 9.88. The Hall–Kier alpha value is -1.12. The molecule has 62 valence electrons. The van der Waals surface area contributed by atoms with Gasteiger partial charge in [0.1, 0.15) is 5.78 Å². The lowest BCUT2D eigenvalue weighted by Crippen LogP contribution is -1.96. The van der Waals surface area contributed by atoms with Crippen LogP contribution in [0.4, 0.5) is 0 Å². The van der Waals surface area contributed by atoms with E-state index in [0.29, 0.717) is 13.0 Å². The van der Waals surface area contributed by atoms with Crippen LogP contribution in [0.25, 0.3) is 0 Å². The fourth-order valence-corrected chi connectivity index (χ4v) is 0.582. The van der Waals surface area contributed by atoms with Crippen molar-refractivity contribution in [3.63, 3.8) is 0 Å². The molecule has 0 aromatic rings. The van der Waals surface area contributed by atoms with Gasteiger partial charge in [-0.2, -0.15) is 0 Å². The standard InChI is InChI=1S/C8H14N2O/c1-7(3-5-9)10-6-4-8(2)11/h3,5H,4,6,9H2,1-2H3. The maximum Gasteiger partial charge on any atom is 0.131 e. The molecule has 0 aromatic carbocycles. The van der Waals surface area contributed by atoms with E-state index in [1.807, 2.05) is 6.92 Å². The van der Waals surface area contributed by atoms with E-state index in [9.17, 15) is 4.79 Å². The molecule has 0 aliphatic heterocycles. The van der Waals surface area contributed by atoms with Crippen molar-refractivity contribution in [2.45, 2.75) is 20.3 Å². The number of aliphatic imine (C=N–C) groups is 1. The van der Waals surface area contributed by atoms with E-state index in [1.165, 1.54) is 6.20 Å². The van der Waals surface area contributed by atoms with Crippen LogP contribution in [0.15, 0.2) is 17.3 Å². The summed E-state index contributed by atoms with van der Waals surface area (Å²) in [7, 11) is 0. The Kier molecular flexibility index (Phi) is 5.07. The number of Topliss-reactive ketones (excluding diaryl/α,β-unsaturated/α-hetero) is 1. The minimum absolute atomic E-state index is 0.165. The average Bonchev–Trinajstić information content (AvgIpc) is 1.87. The van der Waals surface area contributed by atoms with Gasteiger partial charge in [0.25, 0.3) is 0 Å². The Morgan fingerprint density at radius 2 is 2.18 bits per heavy atom. The quantitative estimate of drug-likeness (QED) is 0.611. The van der Waals surface area contributed by atoms with Crippen LogP contribution in [0.3, 0.4) is 0 Å². The molecule has 0 aliphatic carbocycles. The maximum absolute atomic E-state index is 10.5. The van der Waals surface area contributed by atoms with Gasteiger partial charge >= 0.3 is 0 Å². The Labute approximate surface area is 67.0 Å². The van der Waals surface area contributed by atoms with Crippen molar-refractivity contribution in [3.8, 4) is 0 Å². The molecule has 0 fully saturated rings. The van der Waals surface area contributed by atoms with Crippen molar-refractivity contribution in [1.29, 1.82) is 0 Å². The van der Waals surface area contributed by atoms with E-state index in [-0.39, 0.29) is 5.78 Å². The summed E-state index contributed by atoms with van der Waals surface area (Å²) >= 11 is 0. The number of hydrogen-bond acceptors (Lipinski definition) is 3. The molecule has 0 rings (SSSR count). The van der Waals surface area contributed by atoms with Crippen molar-refractivity contribution >= 4 is 11.5 Å². The van der Waals surface area contributed by atoms with Gasteiger partial charge in [0, 0.05) is 18.7 Å². The third-order valence-electron chi connectivity index (χ3n) is 1.16. The van der Waals surface area contributed by atoms with Crippen LogP contribution in [-0.4, -0.2) is 18.0 Å². The molecule has 0 aromatic heterocycles. The summed E-state index contributed by atoms with van der Waals surface area (Å²) in [6.45, 7) is 3.97. The lowest BCUT2D eigenvalue weighted by molar-refractivity contribution is -0.116. The predicted molar refractivity (Wildman–Crippen MR) is 46.6 cm³/mol. The van der Waals surface area contributed by atoms with Gasteiger partial charge in [-0.05, 0) is 26.1 Å².